The number of hydrogen-bond acceptors (Lipinski definition) is 4. The molecule has 0 bridgehead atoms. The Bertz CT molecular complexity index is 1230. The van der Waals surface area contributed by atoms with Gasteiger partial charge in [0.15, 0.2) is 0 Å². The monoisotopic (exact) mass is 493 g/mol. The molecule has 0 heterocycles. The molecule has 0 aliphatic heterocycles. The lowest BCUT2D eigenvalue weighted by molar-refractivity contribution is -0.117. The summed E-state index contributed by atoms with van der Waals surface area (Å²) in [6, 6.07) is 19.8. The predicted molar refractivity (Wildman–Crippen MR) is 142 cm³/mol. The first-order valence-electron chi connectivity index (χ1n) is 12.2. The highest BCUT2D eigenvalue weighted by atomic mass is 32.2. The number of carbonyl (C=O) groups is 1. The fourth-order valence-electron chi connectivity index (χ4n) is 3.88. The molecule has 1 amide bonds. The maximum atomic E-state index is 13.5. The van der Waals surface area contributed by atoms with Crippen molar-refractivity contribution in [3.63, 3.8) is 0 Å². The maximum absolute atomic E-state index is 13.5. The van der Waals surface area contributed by atoms with Crippen LogP contribution in [0.1, 0.15) is 54.9 Å². The lowest BCUT2D eigenvalue weighted by atomic mass is 10.1. The van der Waals surface area contributed by atoms with Crippen LogP contribution in [0, 0.1) is 20.8 Å². The molecule has 3 aromatic carbocycles. The zero-order valence-corrected chi connectivity index (χ0v) is 21.9. The van der Waals surface area contributed by atoms with Crippen molar-refractivity contribution >= 4 is 21.6 Å². The van der Waals surface area contributed by atoms with Crippen LogP contribution >= 0.6 is 0 Å². The molecule has 0 aliphatic rings. The van der Waals surface area contributed by atoms with E-state index >= 15 is 0 Å². The molecule has 0 saturated heterocycles. The smallest absolute Gasteiger partial charge is 0.270 e. The minimum Gasteiger partial charge on any atom is -0.493 e. The Morgan fingerprint density at radius 3 is 2.14 bits per heavy atom. The van der Waals surface area contributed by atoms with Gasteiger partial charge >= 0.3 is 0 Å². The van der Waals surface area contributed by atoms with Crippen molar-refractivity contribution in [2.45, 2.75) is 64.7 Å². The molecule has 0 aliphatic carbocycles. The topological polar surface area (TPSA) is 63.7 Å². The summed E-state index contributed by atoms with van der Waals surface area (Å²) in [5.41, 5.74) is 4.61. The summed E-state index contributed by atoms with van der Waals surface area (Å²) in [6.07, 6.45) is 3.52. The number of rotatable bonds is 11. The van der Waals surface area contributed by atoms with Crippen LogP contribution in [0.2, 0.25) is 0 Å². The van der Waals surface area contributed by atoms with Crippen molar-refractivity contribution < 1.29 is 17.9 Å². The van der Waals surface area contributed by atoms with E-state index < -0.39 is 15.9 Å². The highest BCUT2D eigenvalue weighted by Gasteiger charge is 2.30. The molecule has 5 nitrogen and oxygen atoms in total. The largest absolute Gasteiger partial charge is 0.493 e. The van der Waals surface area contributed by atoms with E-state index in [-0.39, 0.29) is 11.3 Å². The number of benzene rings is 3. The van der Waals surface area contributed by atoms with Crippen molar-refractivity contribution in [3.8, 4) is 5.75 Å². The van der Waals surface area contributed by atoms with Crippen molar-refractivity contribution in [2.24, 2.45) is 0 Å². The fraction of sp³-hybridized carbons (Fsp3) is 0.345. The van der Waals surface area contributed by atoms with Crippen LogP contribution in [-0.2, 0) is 21.2 Å². The fourth-order valence-corrected chi connectivity index (χ4v) is 5.33. The minimum absolute atomic E-state index is 0.0492. The molecule has 3 aromatic rings. The first-order chi connectivity index (χ1) is 16.7. The second kappa shape index (κ2) is 12.0. The first-order valence-corrected chi connectivity index (χ1v) is 13.6. The van der Waals surface area contributed by atoms with Crippen molar-refractivity contribution in [1.82, 2.24) is 0 Å². The zero-order valence-electron chi connectivity index (χ0n) is 21.1. The van der Waals surface area contributed by atoms with E-state index in [2.05, 4.69) is 6.92 Å². The Hall–Kier alpha value is -3.12. The summed E-state index contributed by atoms with van der Waals surface area (Å²) in [5, 5.41) is 0. The van der Waals surface area contributed by atoms with E-state index in [9.17, 15) is 13.2 Å². The summed E-state index contributed by atoms with van der Waals surface area (Å²) in [6.45, 7) is 8.35. The Balaban J connectivity index is 1.79. The molecule has 0 unspecified atom stereocenters. The maximum Gasteiger partial charge on any atom is 0.270 e. The van der Waals surface area contributed by atoms with Crippen molar-refractivity contribution in [2.75, 3.05) is 10.9 Å². The molecule has 0 aromatic heterocycles. The Morgan fingerprint density at radius 1 is 0.857 bits per heavy atom. The molecule has 0 spiro atoms. The lowest BCUT2D eigenvalue weighted by Crippen LogP contribution is -2.37. The Labute approximate surface area is 209 Å². The normalized spacial score (nSPS) is 11.3. The van der Waals surface area contributed by atoms with Crippen LogP contribution in [0.25, 0.3) is 0 Å². The average molecular weight is 494 g/mol. The van der Waals surface area contributed by atoms with Gasteiger partial charge in [-0.25, -0.2) is 12.7 Å². The van der Waals surface area contributed by atoms with Crippen LogP contribution in [-0.4, -0.2) is 20.9 Å². The number of ether oxygens (including phenoxy) is 1. The summed E-state index contributed by atoms with van der Waals surface area (Å²) in [4.78, 5) is 13.4. The van der Waals surface area contributed by atoms with Crippen LogP contribution in [0.5, 0.6) is 5.75 Å². The van der Waals surface area contributed by atoms with Gasteiger partial charge in [0.05, 0.1) is 17.2 Å². The second-order valence-corrected chi connectivity index (χ2v) is 10.8. The Morgan fingerprint density at radius 2 is 1.51 bits per heavy atom. The van der Waals surface area contributed by atoms with Gasteiger partial charge in [-0.1, -0.05) is 60.9 Å². The molecule has 3 rings (SSSR count). The number of hydrogen-bond donors (Lipinski definition) is 0. The number of amides is 1. The number of nitrogens with zero attached hydrogens (tertiary/aromatic N) is 1. The summed E-state index contributed by atoms with van der Waals surface area (Å²) in [7, 11) is -4.06. The third-order valence-corrected chi connectivity index (χ3v) is 7.66. The van der Waals surface area contributed by atoms with Crippen LogP contribution in [0.3, 0.4) is 0 Å². The molecule has 0 atom stereocenters. The van der Waals surface area contributed by atoms with E-state index in [1.807, 2.05) is 51.1 Å². The van der Waals surface area contributed by atoms with E-state index in [0.717, 1.165) is 51.6 Å². The molecule has 186 valence electrons. The number of sulfonamides is 1. The zero-order chi connectivity index (χ0) is 25.4. The Kier molecular flexibility index (Phi) is 9.10. The third kappa shape index (κ3) is 6.95. The number of aryl methyl sites for hydroxylation is 4. The average Bonchev–Trinajstić information content (AvgIpc) is 2.82. The van der Waals surface area contributed by atoms with Crippen molar-refractivity contribution in [3.05, 3.63) is 89.0 Å². The summed E-state index contributed by atoms with van der Waals surface area (Å²) in [5.74, 6) is 0.297. The van der Waals surface area contributed by atoms with Gasteiger partial charge in [0.2, 0.25) is 5.91 Å². The van der Waals surface area contributed by atoms with E-state index in [1.54, 1.807) is 36.4 Å². The number of anilines is 1. The van der Waals surface area contributed by atoms with Crippen LogP contribution in [0.15, 0.2) is 71.6 Å². The molecule has 0 saturated carbocycles. The summed E-state index contributed by atoms with van der Waals surface area (Å²) < 4.78 is 33.9. The van der Waals surface area contributed by atoms with E-state index in [4.69, 9.17) is 4.74 Å². The second-order valence-electron chi connectivity index (χ2n) is 8.97. The third-order valence-electron chi connectivity index (χ3n) is 5.90. The summed E-state index contributed by atoms with van der Waals surface area (Å²) >= 11 is 0. The molecular formula is C29H35NO4S. The van der Waals surface area contributed by atoms with Gasteiger partial charge < -0.3 is 4.74 Å². The van der Waals surface area contributed by atoms with Crippen LogP contribution in [0.4, 0.5) is 5.69 Å². The van der Waals surface area contributed by atoms with Gasteiger partial charge in [-0.3, -0.25) is 4.79 Å². The van der Waals surface area contributed by atoms with E-state index in [1.165, 1.54) is 0 Å². The quantitative estimate of drug-likeness (QED) is 0.285. The lowest BCUT2D eigenvalue weighted by Gasteiger charge is -2.23. The van der Waals surface area contributed by atoms with Gasteiger partial charge in [-0.05, 0) is 81.5 Å². The molecule has 35 heavy (non-hydrogen) atoms. The number of carbonyl (C=O) groups excluding carboxylic acids is 1. The van der Waals surface area contributed by atoms with Gasteiger partial charge in [0.25, 0.3) is 10.0 Å². The van der Waals surface area contributed by atoms with Gasteiger partial charge in [-0.15, -0.1) is 0 Å². The molecule has 0 radical (unpaired) electrons. The molecular weight excluding hydrogens is 458 g/mol. The van der Waals surface area contributed by atoms with Gasteiger partial charge in [-0.2, -0.15) is 0 Å². The van der Waals surface area contributed by atoms with Crippen molar-refractivity contribution in [1.29, 1.82) is 0 Å². The van der Waals surface area contributed by atoms with Gasteiger partial charge in [0.1, 0.15) is 5.75 Å². The molecule has 0 N–H and O–H groups in total. The highest BCUT2D eigenvalue weighted by molar-refractivity contribution is 7.93. The minimum atomic E-state index is -4.06. The predicted octanol–water partition coefficient (Wildman–Crippen LogP) is 6.54. The molecule has 6 heteroatoms. The van der Waals surface area contributed by atoms with E-state index in [0.29, 0.717) is 18.7 Å². The van der Waals surface area contributed by atoms with Crippen LogP contribution < -0.4 is 9.04 Å². The standard InChI is InChI=1S/C29H35NO4S/c1-5-6-8-25-13-15-26(16-14-25)30(35(32,33)27-17-10-22(2)11-18-27)29(31)9-7-20-34-28-19-12-23(3)21-24(28)4/h10-19,21H,5-9,20H2,1-4H3. The SMILES string of the molecule is CCCCc1ccc(N(C(=O)CCCOc2ccc(C)cc2C)S(=O)(=O)c2ccc(C)cc2)cc1. The highest BCUT2D eigenvalue weighted by Crippen LogP contribution is 2.26. The van der Waals surface area contributed by atoms with Gasteiger partial charge in [0, 0.05) is 6.42 Å². The first kappa shape index (κ1) is 26.5. The molecule has 0 fully saturated rings. The number of unbranched alkanes of at least 4 members (excludes halogenated alkanes) is 1.